The molecule has 3 rings (SSSR count). The van der Waals surface area contributed by atoms with Crippen LogP contribution in [0.15, 0.2) is 54.6 Å². The van der Waals surface area contributed by atoms with Gasteiger partial charge in [0, 0.05) is 44.1 Å². The van der Waals surface area contributed by atoms with Crippen LogP contribution in [0.1, 0.15) is 0 Å². The number of nitrogen functional groups attached to an aromatic ring is 1. The first-order valence-electron chi connectivity index (χ1n) is 7.82. The SMILES string of the molecule is Nc1ccc(OCCN2CCN(c3ccccc3)CC2)cc1. The number of nitrogens with two attached hydrogens (primary N) is 1. The number of hydrogen-bond acceptors (Lipinski definition) is 4. The van der Waals surface area contributed by atoms with Gasteiger partial charge in [0.2, 0.25) is 0 Å². The zero-order chi connectivity index (χ0) is 15.2. The molecule has 1 saturated heterocycles. The molecule has 2 aromatic carbocycles. The second-order valence-electron chi connectivity index (χ2n) is 5.58. The molecular weight excluding hydrogens is 274 g/mol. The number of piperazine rings is 1. The fraction of sp³-hybridized carbons (Fsp3) is 0.333. The zero-order valence-electron chi connectivity index (χ0n) is 12.8. The van der Waals surface area contributed by atoms with Crippen molar-refractivity contribution >= 4 is 11.4 Å². The van der Waals surface area contributed by atoms with E-state index in [-0.39, 0.29) is 0 Å². The Balaban J connectivity index is 1.40. The van der Waals surface area contributed by atoms with Crippen LogP contribution in [0.5, 0.6) is 5.75 Å². The monoisotopic (exact) mass is 297 g/mol. The van der Waals surface area contributed by atoms with Gasteiger partial charge in [0.25, 0.3) is 0 Å². The highest BCUT2D eigenvalue weighted by Crippen LogP contribution is 2.16. The minimum atomic E-state index is 0.718. The fourth-order valence-corrected chi connectivity index (χ4v) is 2.73. The maximum atomic E-state index is 5.76. The van der Waals surface area contributed by atoms with E-state index < -0.39 is 0 Å². The minimum Gasteiger partial charge on any atom is -0.492 e. The van der Waals surface area contributed by atoms with E-state index in [9.17, 15) is 0 Å². The number of benzene rings is 2. The predicted molar refractivity (Wildman–Crippen MR) is 91.4 cm³/mol. The average molecular weight is 297 g/mol. The Morgan fingerprint density at radius 2 is 1.55 bits per heavy atom. The van der Waals surface area contributed by atoms with Crippen molar-refractivity contribution in [3.8, 4) is 5.75 Å². The first kappa shape index (κ1) is 14.7. The van der Waals surface area contributed by atoms with Gasteiger partial charge < -0.3 is 15.4 Å². The number of rotatable bonds is 5. The Kier molecular flexibility index (Phi) is 4.81. The second kappa shape index (κ2) is 7.18. The number of anilines is 2. The summed E-state index contributed by atoms with van der Waals surface area (Å²) in [6.07, 6.45) is 0. The lowest BCUT2D eigenvalue weighted by Crippen LogP contribution is -2.47. The molecule has 1 heterocycles. The Bertz CT molecular complexity index is 563. The second-order valence-corrected chi connectivity index (χ2v) is 5.58. The van der Waals surface area contributed by atoms with Gasteiger partial charge in [0.15, 0.2) is 0 Å². The lowest BCUT2D eigenvalue weighted by molar-refractivity contribution is 0.200. The molecule has 0 saturated carbocycles. The van der Waals surface area contributed by atoms with Crippen molar-refractivity contribution in [1.29, 1.82) is 0 Å². The first-order valence-corrected chi connectivity index (χ1v) is 7.82. The van der Waals surface area contributed by atoms with E-state index in [0.29, 0.717) is 0 Å². The standard InChI is InChI=1S/C18H23N3O/c19-16-6-8-18(9-7-16)22-15-14-20-10-12-21(13-11-20)17-4-2-1-3-5-17/h1-9H,10-15,19H2. The summed E-state index contributed by atoms with van der Waals surface area (Å²) in [6, 6.07) is 18.2. The lowest BCUT2D eigenvalue weighted by Gasteiger charge is -2.36. The Hall–Kier alpha value is -2.20. The van der Waals surface area contributed by atoms with Crippen molar-refractivity contribution in [2.24, 2.45) is 0 Å². The molecule has 1 aliphatic heterocycles. The van der Waals surface area contributed by atoms with E-state index in [1.807, 2.05) is 24.3 Å². The van der Waals surface area contributed by atoms with E-state index in [1.165, 1.54) is 5.69 Å². The van der Waals surface area contributed by atoms with Gasteiger partial charge in [-0.3, -0.25) is 4.90 Å². The van der Waals surface area contributed by atoms with Crippen LogP contribution in [0, 0.1) is 0 Å². The number of hydrogen-bond donors (Lipinski definition) is 1. The molecule has 22 heavy (non-hydrogen) atoms. The van der Waals surface area contributed by atoms with Gasteiger partial charge >= 0.3 is 0 Å². The third kappa shape index (κ3) is 3.92. The number of para-hydroxylation sites is 1. The Morgan fingerprint density at radius 3 is 2.23 bits per heavy atom. The summed E-state index contributed by atoms with van der Waals surface area (Å²) >= 11 is 0. The van der Waals surface area contributed by atoms with Gasteiger partial charge in [-0.1, -0.05) is 18.2 Å². The predicted octanol–water partition coefficient (Wildman–Crippen LogP) is 2.47. The molecule has 0 atom stereocenters. The molecule has 0 aromatic heterocycles. The normalized spacial score (nSPS) is 15.7. The molecule has 0 amide bonds. The summed E-state index contributed by atoms with van der Waals surface area (Å²) < 4.78 is 5.76. The van der Waals surface area contributed by atoms with Gasteiger partial charge in [-0.2, -0.15) is 0 Å². The molecule has 0 unspecified atom stereocenters. The molecule has 0 bridgehead atoms. The van der Waals surface area contributed by atoms with E-state index >= 15 is 0 Å². The third-order valence-corrected chi connectivity index (χ3v) is 4.05. The van der Waals surface area contributed by atoms with Crippen LogP contribution in [0.3, 0.4) is 0 Å². The van der Waals surface area contributed by atoms with Crippen LogP contribution in [0.4, 0.5) is 11.4 Å². The maximum absolute atomic E-state index is 5.76. The molecule has 1 aliphatic rings. The molecule has 116 valence electrons. The first-order chi connectivity index (χ1) is 10.8. The van der Waals surface area contributed by atoms with Gasteiger partial charge in [-0.15, -0.1) is 0 Å². The quantitative estimate of drug-likeness (QED) is 0.861. The molecular formula is C18H23N3O. The smallest absolute Gasteiger partial charge is 0.119 e. The van der Waals surface area contributed by atoms with Crippen molar-refractivity contribution in [1.82, 2.24) is 4.90 Å². The summed E-state index contributed by atoms with van der Waals surface area (Å²) in [6.45, 7) is 6.00. The highest BCUT2D eigenvalue weighted by molar-refractivity contribution is 5.46. The van der Waals surface area contributed by atoms with Crippen molar-refractivity contribution in [2.45, 2.75) is 0 Å². The third-order valence-electron chi connectivity index (χ3n) is 4.05. The average Bonchev–Trinajstić information content (AvgIpc) is 2.58. The largest absolute Gasteiger partial charge is 0.492 e. The summed E-state index contributed by atoms with van der Waals surface area (Å²) in [4.78, 5) is 4.90. The van der Waals surface area contributed by atoms with Crippen molar-refractivity contribution in [3.05, 3.63) is 54.6 Å². The summed E-state index contributed by atoms with van der Waals surface area (Å²) in [7, 11) is 0. The fourth-order valence-electron chi connectivity index (χ4n) is 2.73. The highest BCUT2D eigenvalue weighted by atomic mass is 16.5. The lowest BCUT2D eigenvalue weighted by atomic mass is 10.2. The number of nitrogens with zero attached hydrogens (tertiary/aromatic N) is 2. The minimum absolute atomic E-state index is 0.718. The van der Waals surface area contributed by atoms with E-state index in [2.05, 4.69) is 40.1 Å². The van der Waals surface area contributed by atoms with E-state index in [0.717, 1.165) is 50.8 Å². The summed E-state index contributed by atoms with van der Waals surface area (Å²) in [5, 5.41) is 0. The van der Waals surface area contributed by atoms with Gasteiger partial charge in [0.05, 0.1) is 0 Å². The van der Waals surface area contributed by atoms with E-state index in [1.54, 1.807) is 0 Å². The van der Waals surface area contributed by atoms with Crippen LogP contribution < -0.4 is 15.4 Å². The Labute approximate surface area is 132 Å². The van der Waals surface area contributed by atoms with Gasteiger partial charge in [0.1, 0.15) is 12.4 Å². The van der Waals surface area contributed by atoms with Crippen LogP contribution in [-0.2, 0) is 0 Å². The van der Waals surface area contributed by atoms with Gasteiger partial charge in [-0.05, 0) is 36.4 Å². The Morgan fingerprint density at radius 1 is 0.864 bits per heavy atom. The van der Waals surface area contributed by atoms with Crippen LogP contribution in [-0.4, -0.2) is 44.2 Å². The van der Waals surface area contributed by atoms with Gasteiger partial charge in [-0.25, -0.2) is 0 Å². The number of ether oxygens (including phenoxy) is 1. The van der Waals surface area contributed by atoms with Crippen molar-refractivity contribution in [2.75, 3.05) is 50.0 Å². The summed E-state index contributed by atoms with van der Waals surface area (Å²) in [5.41, 5.74) is 7.75. The molecule has 0 spiro atoms. The van der Waals surface area contributed by atoms with Crippen LogP contribution in [0.25, 0.3) is 0 Å². The zero-order valence-corrected chi connectivity index (χ0v) is 12.8. The van der Waals surface area contributed by atoms with Crippen molar-refractivity contribution < 1.29 is 4.74 Å². The molecule has 1 fully saturated rings. The van der Waals surface area contributed by atoms with Crippen molar-refractivity contribution in [3.63, 3.8) is 0 Å². The van der Waals surface area contributed by atoms with E-state index in [4.69, 9.17) is 10.5 Å². The molecule has 0 aliphatic carbocycles. The topological polar surface area (TPSA) is 41.7 Å². The molecule has 4 heteroatoms. The van der Waals surface area contributed by atoms with Crippen LogP contribution >= 0.6 is 0 Å². The summed E-state index contributed by atoms with van der Waals surface area (Å²) in [5.74, 6) is 0.886. The molecule has 2 aromatic rings. The highest BCUT2D eigenvalue weighted by Gasteiger charge is 2.16. The maximum Gasteiger partial charge on any atom is 0.119 e. The molecule has 4 nitrogen and oxygen atoms in total. The molecule has 0 radical (unpaired) electrons. The molecule has 2 N–H and O–H groups in total. The van der Waals surface area contributed by atoms with Crippen LogP contribution in [0.2, 0.25) is 0 Å².